The molecule has 0 amide bonds. The Morgan fingerprint density at radius 3 is 2.41 bits per heavy atom. The van der Waals surface area contributed by atoms with Gasteiger partial charge in [-0.25, -0.2) is 9.67 Å². The van der Waals surface area contributed by atoms with Crippen LogP contribution in [0.2, 0.25) is 10.0 Å². The van der Waals surface area contributed by atoms with E-state index >= 15 is 0 Å². The third-order valence-corrected chi connectivity index (χ3v) is 5.49. The van der Waals surface area contributed by atoms with E-state index < -0.39 is 23.1 Å². The van der Waals surface area contributed by atoms with Crippen LogP contribution in [0.15, 0.2) is 12.3 Å². The molecule has 1 saturated heterocycles. The number of hydrogen-bond acceptors (Lipinski definition) is 6. The van der Waals surface area contributed by atoms with Crippen molar-refractivity contribution in [2.45, 2.75) is 19.3 Å². The summed E-state index contributed by atoms with van der Waals surface area (Å²) < 4.78 is 45.5. The van der Waals surface area contributed by atoms with Crippen LogP contribution >= 0.6 is 23.2 Å². The first-order valence-corrected chi connectivity index (χ1v) is 9.38. The van der Waals surface area contributed by atoms with Gasteiger partial charge < -0.3 is 9.64 Å². The second-order valence-electron chi connectivity index (χ2n) is 6.44. The summed E-state index contributed by atoms with van der Waals surface area (Å²) in [6.07, 6.45) is -3.63. The van der Waals surface area contributed by atoms with Crippen LogP contribution in [0.25, 0.3) is 0 Å². The lowest BCUT2D eigenvalue weighted by molar-refractivity contribution is -0.142. The molecule has 1 fully saturated rings. The molecule has 1 aliphatic heterocycles. The number of piperazine rings is 1. The fourth-order valence-corrected chi connectivity index (χ4v) is 3.60. The molecular weight excluding hydrogens is 434 g/mol. The molecular formula is C17H18Cl2F3N5O2. The first-order valence-electron chi connectivity index (χ1n) is 8.63. The van der Waals surface area contributed by atoms with Crippen molar-refractivity contribution in [2.75, 3.05) is 38.2 Å². The number of carbonyl (C=O) groups excluding carboxylic acids is 1. The van der Waals surface area contributed by atoms with Gasteiger partial charge in [0.05, 0.1) is 24.0 Å². The van der Waals surface area contributed by atoms with Gasteiger partial charge in [0.25, 0.3) is 0 Å². The molecule has 1 unspecified atom stereocenters. The number of carbonyl (C=O) groups is 1. The van der Waals surface area contributed by atoms with Crippen molar-refractivity contribution in [3.8, 4) is 5.75 Å². The van der Waals surface area contributed by atoms with Crippen LogP contribution in [0.3, 0.4) is 0 Å². The second-order valence-corrected chi connectivity index (χ2v) is 7.23. The number of ether oxygens (including phenoxy) is 1. The average molecular weight is 452 g/mol. The Balaban J connectivity index is 1.77. The molecule has 0 saturated carbocycles. The fraction of sp³-hybridized carbons (Fsp3) is 0.471. The minimum atomic E-state index is -4.70. The Labute approximate surface area is 174 Å². The molecule has 0 radical (unpaired) electrons. The van der Waals surface area contributed by atoms with E-state index in [1.54, 1.807) is 11.0 Å². The van der Waals surface area contributed by atoms with Gasteiger partial charge in [-0.3, -0.25) is 9.69 Å². The van der Waals surface area contributed by atoms with Crippen molar-refractivity contribution in [3.05, 3.63) is 33.7 Å². The molecule has 0 bridgehead atoms. The first kappa shape index (κ1) is 21.7. The maximum atomic E-state index is 13.1. The number of alkyl halides is 3. The van der Waals surface area contributed by atoms with Crippen molar-refractivity contribution in [1.82, 2.24) is 19.7 Å². The summed E-state index contributed by atoms with van der Waals surface area (Å²) in [5.41, 5.74) is -1.11. The molecule has 2 aromatic rings. The largest absolute Gasteiger partial charge is 0.495 e. The number of aldehydes is 1. The van der Waals surface area contributed by atoms with Gasteiger partial charge in [-0.2, -0.15) is 18.3 Å². The molecule has 7 nitrogen and oxygen atoms in total. The fourth-order valence-electron chi connectivity index (χ4n) is 3.19. The molecule has 0 aromatic carbocycles. The molecule has 0 spiro atoms. The summed E-state index contributed by atoms with van der Waals surface area (Å²) in [6, 6.07) is 1.71. The van der Waals surface area contributed by atoms with Crippen molar-refractivity contribution in [3.63, 3.8) is 0 Å². The Bertz CT molecular complexity index is 898. The molecule has 1 atom stereocenters. The standard InChI is InChI=1S/C17H18Cl2F3N5O2/c1-10-15(19)16(17(20,21)22)24-27(10)14(9-28)26-5-3-25(4-6-26)13-7-12(29-2)11(18)8-23-13/h7-9,14H,3-6H2,1-2H3. The Morgan fingerprint density at radius 1 is 1.24 bits per heavy atom. The van der Waals surface area contributed by atoms with Gasteiger partial charge in [0.15, 0.2) is 18.1 Å². The number of hydrogen-bond donors (Lipinski definition) is 0. The summed E-state index contributed by atoms with van der Waals surface area (Å²) in [4.78, 5) is 19.7. The smallest absolute Gasteiger partial charge is 0.436 e. The third kappa shape index (κ3) is 4.29. The number of aromatic nitrogens is 3. The zero-order valence-electron chi connectivity index (χ0n) is 15.6. The first-order chi connectivity index (χ1) is 13.7. The van der Waals surface area contributed by atoms with Crippen molar-refractivity contribution in [2.24, 2.45) is 0 Å². The zero-order chi connectivity index (χ0) is 21.3. The van der Waals surface area contributed by atoms with E-state index in [2.05, 4.69) is 10.1 Å². The lowest BCUT2D eigenvalue weighted by Crippen LogP contribution is -2.49. The van der Waals surface area contributed by atoms with Crippen molar-refractivity contribution in [1.29, 1.82) is 0 Å². The summed E-state index contributed by atoms with van der Waals surface area (Å²) in [5, 5.41) is 3.46. The predicted molar refractivity (Wildman–Crippen MR) is 102 cm³/mol. The number of rotatable bonds is 5. The van der Waals surface area contributed by atoms with Gasteiger partial charge in [0, 0.05) is 32.2 Å². The maximum Gasteiger partial charge on any atom is 0.436 e. The highest BCUT2D eigenvalue weighted by Gasteiger charge is 2.39. The van der Waals surface area contributed by atoms with Gasteiger partial charge in [0.2, 0.25) is 0 Å². The molecule has 12 heteroatoms. The van der Waals surface area contributed by atoms with E-state index in [0.717, 1.165) is 4.68 Å². The van der Waals surface area contributed by atoms with Gasteiger partial charge in [-0.05, 0) is 6.92 Å². The Hall–Kier alpha value is -2.04. The highest BCUT2D eigenvalue weighted by atomic mass is 35.5. The Morgan fingerprint density at radius 2 is 1.90 bits per heavy atom. The van der Waals surface area contributed by atoms with Gasteiger partial charge in [0.1, 0.15) is 16.6 Å². The molecule has 158 valence electrons. The van der Waals surface area contributed by atoms with Crippen LogP contribution in [0.1, 0.15) is 17.6 Å². The highest BCUT2D eigenvalue weighted by molar-refractivity contribution is 6.32. The SMILES string of the molecule is COc1cc(N2CCN(C(C=O)n3nc(C(F)(F)F)c(Cl)c3C)CC2)ncc1Cl. The molecule has 29 heavy (non-hydrogen) atoms. The normalized spacial score (nSPS) is 16.7. The van der Waals surface area contributed by atoms with E-state index in [9.17, 15) is 18.0 Å². The summed E-state index contributed by atoms with van der Waals surface area (Å²) in [7, 11) is 1.50. The summed E-state index contributed by atoms with van der Waals surface area (Å²) >= 11 is 11.8. The molecule has 0 N–H and O–H groups in total. The monoisotopic (exact) mass is 451 g/mol. The lowest BCUT2D eigenvalue weighted by Gasteiger charge is -2.38. The zero-order valence-corrected chi connectivity index (χ0v) is 17.1. The molecule has 3 rings (SSSR count). The Kier molecular flexibility index (Phi) is 6.25. The van der Waals surface area contributed by atoms with Gasteiger partial charge in [-0.1, -0.05) is 23.2 Å². The molecule has 1 aliphatic rings. The number of anilines is 1. The molecule has 3 heterocycles. The quantitative estimate of drug-likeness (QED) is 0.648. The van der Waals surface area contributed by atoms with E-state index in [1.165, 1.54) is 20.2 Å². The molecule has 0 aliphatic carbocycles. The van der Waals surface area contributed by atoms with E-state index in [0.29, 0.717) is 49.1 Å². The summed E-state index contributed by atoms with van der Waals surface area (Å²) in [5.74, 6) is 1.15. The summed E-state index contributed by atoms with van der Waals surface area (Å²) in [6.45, 7) is 3.23. The van der Waals surface area contributed by atoms with Gasteiger partial charge >= 0.3 is 6.18 Å². The predicted octanol–water partition coefficient (Wildman–Crippen LogP) is 3.44. The van der Waals surface area contributed by atoms with Crippen LogP contribution in [0.5, 0.6) is 5.75 Å². The van der Waals surface area contributed by atoms with Crippen molar-refractivity contribution < 1.29 is 22.7 Å². The van der Waals surface area contributed by atoms with Crippen LogP contribution in [-0.4, -0.2) is 59.2 Å². The highest BCUT2D eigenvalue weighted by Crippen LogP contribution is 2.36. The van der Waals surface area contributed by atoms with Crippen LogP contribution in [0.4, 0.5) is 19.0 Å². The topological polar surface area (TPSA) is 63.5 Å². The van der Waals surface area contributed by atoms with Crippen LogP contribution < -0.4 is 9.64 Å². The maximum absolute atomic E-state index is 13.1. The van der Waals surface area contributed by atoms with Crippen LogP contribution in [0, 0.1) is 6.92 Å². The van der Waals surface area contributed by atoms with E-state index in [4.69, 9.17) is 27.9 Å². The van der Waals surface area contributed by atoms with Crippen LogP contribution in [-0.2, 0) is 11.0 Å². The number of nitrogens with zero attached hydrogens (tertiary/aromatic N) is 5. The third-order valence-electron chi connectivity index (χ3n) is 4.76. The average Bonchev–Trinajstić information content (AvgIpc) is 2.99. The lowest BCUT2D eigenvalue weighted by atomic mass is 10.2. The minimum absolute atomic E-state index is 0.0858. The number of pyridine rings is 1. The van der Waals surface area contributed by atoms with Gasteiger partial charge in [-0.15, -0.1) is 0 Å². The number of methoxy groups -OCH3 is 1. The van der Waals surface area contributed by atoms with Crippen molar-refractivity contribution >= 4 is 35.3 Å². The molecule has 2 aromatic heterocycles. The minimum Gasteiger partial charge on any atom is -0.495 e. The second kappa shape index (κ2) is 8.37. The van der Waals surface area contributed by atoms with E-state index in [1.807, 2.05) is 4.90 Å². The number of halogens is 5. The van der Waals surface area contributed by atoms with E-state index in [-0.39, 0.29) is 5.69 Å².